The molecule has 1 aromatic carbocycles. The summed E-state index contributed by atoms with van der Waals surface area (Å²) in [5.41, 5.74) is 4.64. The molecular formula is C21H23N2OS2+. The highest BCUT2D eigenvalue weighted by Gasteiger charge is 2.35. The van der Waals surface area contributed by atoms with Gasteiger partial charge in [-0.2, -0.15) is 0 Å². The maximum atomic E-state index is 12.8. The summed E-state index contributed by atoms with van der Waals surface area (Å²) < 4.78 is 0. The van der Waals surface area contributed by atoms with Crippen molar-refractivity contribution in [3.8, 4) is 0 Å². The molecule has 3 heterocycles. The van der Waals surface area contributed by atoms with E-state index in [0.717, 1.165) is 24.2 Å². The molecule has 2 N–H and O–H groups in total. The van der Waals surface area contributed by atoms with Crippen LogP contribution in [0.5, 0.6) is 0 Å². The second-order valence-corrected chi connectivity index (χ2v) is 8.93. The fourth-order valence-electron chi connectivity index (χ4n) is 3.80. The van der Waals surface area contributed by atoms with Gasteiger partial charge in [0.15, 0.2) is 6.54 Å². The van der Waals surface area contributed by atoms with Gasteiger partial charge in [0.2, 0.25) is 0 Å². The third-order valence-electron chi connectivity index (χ3n) is 5.04. The van der Waals surface area contributed by atoms with Gasteiger partial charge in [-0.25, -0.2) is 0 Å². The number of quaternary nitrogens is 1. The van der Waals surface area contributed by atoms with Crippen molar-refractivity contribution in [1.82, 2.24) is 0 Å². The zero-order valence-electron chi connectivity index (χ0n) is 15.0. The first-order valence-corrected chi connectivity index (χ1v) is 10.7. The van der Waals surface area contributed by atoms with Crippen LogP contribution in [-0.4, -0.2) is 19.0 Å². The molecule has 0 saturated carbocycles. The molecule has 0 spiro atoms. The molecule has 2 atom stereocenters. The molecule has 1 aliphatic rings. The molecule has 0 aliphatic carbocycles. The zero-order chi connectivity index (χ0) is 18.1. The van der Waals surface area contributed by atoms with Crippen LogP contribution in [0.2, 0.25) is 0 Å². The minimum atomic E-state index is 0.0900. The molecule has 0 bridgehead atoms. The van der Waals surface area contributed by atoms with Crippen molar-refractivity contribution in [3.63, 3.8) is 0 Å². The highest BCUT2D eigenvalue weighted by molar-refractivity contribution is 7.10. The molecule has 1 unspecified atom stereocenters. The monoisotopic (exact) mass is 383 g/mol. The summed E-state index contributed by atoms with van der Waals surface area (Å²) in [5.74, 6) is 0.0900. The lowest BCUT2D eigenvalue weighted by molar-refractivity contribution is -0.919. The van der Waals surface area contributed by atoms with Crippen molar-refractivity contribution in [3.05, 3.63) is 73.6 Å². The summed E-state index contributed by atoms with van der Waals surface area (Å²) in [4.78, 5) is 16.9. The zero-order valence-corrected chi connectivity index (χ0v) is 16.7. The van der Waals surface area contributed by atoms with Gasteiger partial charge in [0.25, 0.3) is 5.91 Å². The summed E-state index contributed by atoms with van der Waals surface area (Å²) in [6.07, 6.45) is 1.06. The van der Waals surface area contributed by atoms with E-state index >= 15 is 0 Å². The molecule has 5 heteroatoms. The maximum absolute atomic E-state index is 12.8. The smallest absolute Gasteiger partial charge is 0.279 e. The summed E-state index contributed by atoms with van der Waals surface area (Å²) in [7, 11) is 0. The number of thiophene rings is 2. The molecule has 3 aromatic rings. The number of benzene rings is 1. The standard InChI is InChI=1S/C21H22N2OS2/c1-14-5-6-17(15(2)12-14)22-20(24)13-23-9-7-18-16(8-11-26-18)21(23)19-4-3-10-25-19/h3-6,8,10-12,21H,7,9,13H2,1-2H3,(H,22,24)/p+1/t21-/m0/s1. The van der Waals surface area contributed by atoms with Crippen LogP contribution < -0.4 is 10.2 Å². The molecule has 0 radical (unpaired) electrons. The average Bonchev–Trinajstić information content (AvgIpc) is 3.28. The Bertz CT molecular complexity index is 914. The van der Waals surface area contributed by atoms with Gasteiger partial charge in [0.1, 0.15) is 6.04 Å². The largest absolute Gasteiger partial charge is 0.321 e. The number of amides is 1. The SMILES string of the molecule is Cc1ccc(NC(=O)C[NH+]2CCc3sccc3[C@H]2c2cccs2)c(C)c1. The number of nitrogens with one attached hydrogen (secondary N) is 2. The number of fused-ring (bicyclic) bond motifs is 1. The Hall–Kier alpha value is -1.95. The normalized spacial score (nSPS) is 19.2. The Morgan fingerprint density at radius 3 is 2.85 bits per heavy atom. The molecule has 4 rings (SSSR count). The number of hydrogen-bond donors (Lipinski definition) is 2. The molecule has 3 nitrogen and oxygen atoms in total. The molecule has 1 amide bonds. The number of anilines is 1. The van der Waals surface area contributed by atoms with Crippen LogP contribution in [0.3, 0.4) is 0 Å². The first-order valence-electron chi connectivity index (χ1n) is 8.93. The van der Waals surface area contributed by atoms with Crippen molar-refractivity contribution in [2.75, 3.05) is 18.4 Å². The van der Waals surface area contributed by atoms with Crippen molar-refractivity contribution in [2.45, 2.75) is 26.3 Å². The van der Waals surface area contributed by atoms with Crippen LogP contribution in [-0.2, 0) is 11.2 Å². The second kappa shape index (κ2) is 7.35. The fraction of sp³-hybridized carbons (Fsp3) is 0.286. The molecule has 2 aromatic heterocycles. The van der Waals surface area contributed by atoms with Crippen LogP contribution >= 0.6 is 22.7 Å². The van der Waals surface area contributed by atoms with E-state index in [1.807, 2.05) is 30.4 Å². The van der Waals surface area contributed by atoms with Crippen LogP contribution in [0.1, 0.15) is 32.5 Å². The fourth-order valence-corrected chi connectivity index (χ4v) is 5.63. The van der Waals surface area contributed by atoms with E-state index < -0.39 is 0 Å². The van der Waals surface area contributed by atoms with Gasteiger partial charge in [0.05, 0.1) is 11.4 Å². The van der Waals surface area contributed by atoms with Gasteiger partial charge >= 0.3 is 0 Å². The first-order chi connectivity index (χ1) is 12.6. The first kappa shape index (κ1) is 17.5. The predicted molar refractivity (Wildman–Crippen MR) is 109 cm³/mol. The third kappa shape index (κ3) is 3.47. The lowest BCUT2D eigenvalue weighted by Gasteiger charge is -2.31. The van der Waals surface area contributed by atoms with Crippen molar-refractivity contribution >= 4 is 34.3 Å². The Morgan fingerprint density at radius 2 is 2.08 bits per heavy atom. The Morgan fingerprint density at radius 1 is 1.19 bits per heavy atom. The topological polar surface area (TPSA) is 33.5 Å². The summed E-state index contributed by atoms with van der Waals surface area (Å²) in [6, 6.07) is 13.0. The molecule has 26 heavy (non-hydrogen) atoms. The Labute approximate surface area is 162 Å². The highest BCUT2D eigenvalue weighted by atomic mass is 32.1. The average molecular weight is 384 g/mol. The van der Waals surface area contributed by atoms with Gasteiger partial charge in [-0.3, -0.25) is 4.79 Å². The van der Waals surface area contributed by atoms with Gasteiger partial charge in [0, 0.05) is 22.5 Å². The van der Waals surface area contributed by atoms with Gasteiger partial charge in [-0.15, -0.1) is 22.7 Å². The van der Waals surface area contributed by atoms with Gasteiger partial charge in [-0.05, 0) is 48.4 Å². The molecule has 134 valence electrons. The Kier molecular flexibility index (Phi) is 4.94. The van der Waals surface area contributed by atoms with Crippen LogP contribution in [0.25, 0.3) is 0 Å². The number of rotatable bonds is 4. The lowest BCUT2D eigenvalue weighted by Crippen LogP contribution is -3.14. The Balaban J connectivity index is 1.54. The number of hydrogen-bond acceptors (Lipinski definition) is 3. The van der Waals surface area contributed by atoms with Crippen molar-refractivity contribution < 1.29 is 9.69 Å². The van der Waals surface area contributed by atoms with Gasteiger partial charge < -0.3 is 10.2 Å². The van der Waals surface area contributed by atoms with Crippen LogP contribution in [0.15, 0.2) is 47.2 Å². The summed E-state index contributed by atoms with van der Waals surface area (Å²) in [6.45, 7) is 5.60. The van der Waals surface area contributed by atoms with E-state index in [9.17, 15) is 4.79 Å². The minimum absolute atomic E-state index is 0.0900. The van der Waals surface area contributed by atoms with Crippen molar-refractivity contribution in [2.24, 2.45) is 0 Å². The second-order valence-electron chi connectivity index (χ2n) is 6.95. The number of carbonyl (C=O) groups excluding carboxylic acids is 1. The van der Waals surface area contributed by atoms with E-state index in [0.29, 0.717) is 6.54 Å². The summed E-state index contributed by atoms with van der Waals surface area (Å²) >= 11 is 3.63. The number of carbonyl (C=O) groups is 1. The third-order valence-corrected chi connectivity index (χ3v) is 6.98. The van der Waals surface area contributed by atoms with E-state index in [2.05, 4.69) is 47.3 Å². The lowest BCUT2D eigenvalue weighted by atomic mass is 9.98. The van der Waals surface area contributed by atoms with Gasteiger partial charge in [-0.1, -0.05) is 23.8 Å². The maximum Gasteiger partial charge on any atom is 0.279 e. The predicted octanol–water partition coefficient (Wildman–Crippen LogP) is 3.60. The highest BCUT2D eigenvalue weighted by Crippen LogP contribution is 2.31. The van der Waals surface area contributed by atoms with Crippen molar-refractivity contribution in [1.29, 1.82) is 0 Å². The molecule has 1 aliphatic heterocycles. The van der Waals surface area contributed by atoms with E-state index in [1.54, 1.807) is 11.3 Å². The quantitative estimate of drug-likeness (QED) is 0.709. The molecule has 0 fully saturated rings. The molecule has 0 saturated heterocycles. The van der Waals surface area contributed by atoms with Crippen LogP contribution in [0, 0.1) is 13.8 Å². The van der Waals surface area contributed by atoms with Crippen LogP contribution in [0.4, 0.5) is 5.69 Å². The van der Waals surface area contributed by atoms with E-state index in [1.165, 1.54) is 25.8 Å². The number of aryl methyl sites for hydroxylation is 2. The van der Waals surface area contributed by atoms with E-state index in [4.69, 9.17) is 0 Å². The van der Waals surface area contributed by atoms with E-state index in [-0.39, 0.29) is 11.9 Å². The summed E-state index contributed by atoms with van der Waals surface area (Å²) in [5, 5.41) is 7.43. The minimum Gasteiger partial charge on any atom is -0.321 e. The molecular weight excluding hydrogens is 360 g/mol.